The third kappa shape index (κ3) is 6.33. The largest absolute Gasteiger partial charge is 0.464 e. The van der Waals surface area contributed by atoms with Gasteiger partial charge >= 0.3 is 5.97 Å². The van der Waals surface area contributed by atoms with E-state index in [2.05, 4.69) is 35.7 Å². The number of nitrogens with zero attached hydrogens (tertiary/aromatic N) is 3. The molecule has 1 unspecified atom stereocenters. The number of carbonyl (C=O) groups excluding carboxylic acids is 2. The van der Waals surface area contributed by atoms with Gasteiger partial charge in [0.2, 0.25) is 10.0 Å². The van der Waals surface area contributed by atoms with Crippen LogP contribution in [-0.4, -0.2) is 66.4 Å². The van der Waals surface area contributed by atoms with Gasteiger partial charge in [0.15, 0.2) is 5.76 Å². The lowest BCUT2D eigenvalue weighted by molar-refractivity contribution is -0.145. The van der Waals surface area contributed by atoms with Crippen LogP contribution in [0.5, 0.6) is 0 Å². The number of ether oxygens (including phenoxy) is 1. The molecule has 0 aliphatic rings. The summed E-state index contributed by atoms with van der Waals surface area (Å²) in [6.07, 6.45) is 3.67. The Morgan fingerprint density at radius 3 is 2.74 bits per heavy atom. The third-order valence-corrected chi connectivity index (χ3v) is 7.26. The summed E-state index contributed by atoms with van der Waals surface area (Å²) in [6, 6.07) is 9.09. The van der Waals surface area contributed by atoms with Crippen LogP contribution in [0.1, 0.15) is 28.2 Å². The zero-order valence-corrected chi connectivity index (χ0v) is 21.5. The van der Waals surface area contributed by atoms with E-state index in [1.807, 2.05) is 6.07 Å². The lowest BCUT2D eigenvalue weighted by Crippen LogP contribution is -2.49. The molecule has 0 aliphatic carbocycles. The normalized spacial score (nSPS) is 12.3. The van der Waals surface area contributed by atoms with Gasteiger partial charge in [-0.15, -0.1) is 0 Å². The van der Waals surface area contributed by atoms with E-state index in [4.69, 9.17) is 9.26 Å². The number of anilines is 1. The van der Waals surface area contributed by atoms with Crippen molar-refractivity contribution in [1.29, 1.82) is 0 Å². The average molecular weight is 542 g/mol. The van der Waals surface area contributed by atoms with Gasteiger partial charge in [0, 0.05) is 24.7 Å². The SMILES string of the molecule is Cc1noc(C)c1S(=O)(=O)NC(CNC(=O)c1cccc2cn[nH]c12)C(=O)OCCCNc1ccccn1. The molecule has 3 heterocycles. The van der Waals surface area contributed by atoms with Gasteiger partial charge in [-0.2, -0.15) is 9.82 Å². The highest BCUT2D eigenvalue weighted by Crippen LogP contribution is 2.19. The quantitative estimate of drug-likeness (QED) is 0.152. The molecule has 3 aromatic heterocycles. The monoisotopic (exact) mass is 541 g/mol. The van der Waals surface area contributed by atoms with Crippen LogP contribution in [-0.2, 0) is 19.6 Å². The highest BCUT2D eigenvalue weighted by molar-refractivity contribution is 7.89. The fourth-order valence-electron chi connectivity index (χ4n) is 3.76. The molecule has 13 nitrogen and oxygen atoms in total. The number of rotatable bonds is 12. The van der Waals surface area contributed by atoms with Crippen LogP contribution in [0.4, 0.5) is 5.82 Å². The summed E-state index contributed by atoms with van der Waals surface area (Å²) in [5.74, 6) is -0.622. The number of benzene rings is 1. The molecular formula is C24H27N7O6S. The first-order valence-electron chi connectivity index (χ1n) is 11.7. The molecule has 0 saturated heterocycles. The summed E-state index contributed by atoms with van der Waals surface area (Å²) in [6.45, 7) is 3.05. The molecule has 0 aliphatic heterocycles. The lowest BCUT2D eigenvalue weighted by atomic mass is 10.1. The molecule has 0 saturated carbocycles. The van der Waals surface area contributed by atoms with E-state index in [1.54, 1.807) is 42.7 Å². The van der Waals surface area contributed by atoms with Crippen LogP contribution in [0, 0.1) is 13.8 Å². The smallest absolute Gasteiger partial charge is 0.326 e. The summed E-state index contributed by atoms with van der Waals surface area (Å²) in [5.41, 5.74) is 0.944. The second kappa shape index (κ2) is 11.8. The number of pyridine rings is 1. The number of amides is 1. The highest BCUT2D eigenvalue weighted by Gasteiger charge is 2.31. The van der Waals surface area contributed by atoms with Gasteiger partial charge in [0.25, 0.3) is 5.91 Å². The third-order valence-electron chi connectivity index (χ3n) is 5.54. The number of nitrogens with one attached hydrogen (secondary N) is 4. The Hall–Kier alpha value is -4.30. The zero-order valence-electron chi connectivity index (χ0n) is 20.7. The lowest BCUT2D eigenvalue weighted by Gasteiger charge is -2.18. The Morgan fingerprint density at radius 2 is 2.00 bits per heavy atom. The van der Waals surface area contributed by atoms with Crippen LogP contribution >= 0.6 is 0 Å². The number of aryl methyl sites for hydroxylation is 2. The van der Waals surface area contributed by atoms with Crippen LogP contribution < -0.4 is 15.4 Å². The van der Waals surface area contributed by atoms with Crippen LogP contribution in [0.3, 0.4) is 0 Å². The van der Waals surface area contributed by atoms with E-state index in [9.17, 15) is 18.0 Å². The molecule has 38 heavy (non-hydrogen) atoms. The standard InChI is InChI=1S/C24H27N7O6S/c1-15-22(16(2)37-30-15)38(34,35)31-19(24(33)36-12-6-11-26-20-9-3-4-10-25-20)14-27-23(32)18-8-5-7-17-13-28-29-21(17)18/h3-5,7-10,13,19,31H,6,11-12,14H2,1-2H3,(H,25,26)(H,27,32)(H,28,29). The van der Waals surface area contributed by atoms with Gasteiger partial charge in [-0.3, -0.25) is 14.7 Å². The van der Waals surface area contributed by atoms with Crippen molar-refractivity contribution in [2.75, 3.05) is 25.0 Å². The van der Waals surface area contributed by atoms with Crippen molar-refractivity contribution in [3.05, 3.63) is 65.8 Å². The zero-order chi connectivity index (χ0) is 27.1. The molecule has 0 bridgehead atoms. The van der Waals surface area contributed by atoms with E-state index in [0.29, 0.717) is 29.9 Å². The highest BCUT2D eigenvalue weighted by atomic mass is 32.2. The maximum Gasteiger partial charge on any atom is 0.326 e. The fourth-order valence-corrected chi connectivity index (χ4v) is 5.27. The Bertz CT molecular complexity index is 1500. The molecule has 1 aromatic carbocycles. The number of para-hydroxylation sites is 1. The molecule has 0 spiro atoms. The Kier molecular flexibility index (Phi) is 8.33. The predicted molar refractivity (Wildman–Crippen MR) is 137 cm³/mol. The Balaban J connectivity index is 1.42. The minimum atomic E-state index is -4.23. The van der Waals surface area contributed by atoms with Gasteiger partial charge in [0.1, 0.15) is 22.4 Å². The second-order valence-corrected chi connectivity index (χ2v) is 9.99. The van der Waals surface area contributed by atoms with E-state index in [-0.39, 0.29) is 29.5 Å². The number of aromatic amines is 1. The van der Waals surface area contributed by atoms with E-state index in [1.165, 1.54) is 13.8 Å². The average Bonchev–Trinajstić information content (AvgIpc) is 3.52. The summed E-state index contributed by atoms with van der Waals surface area (Å²) < 4.78 is 38.8. The minimum Gasteiger partial charge on any atom is -0.464 e. The summed E-state index contributed by atoms with van der Waals surface area (Å²) in [5, 5.41) is 16.8. The van der Waals surface area contributed by atoms with Crippen LogP contribution in [0.15, 0.2) is 58.2 Å². The van der Waals surface area contributed by atoms with E-state index in [0.717, 1.165) is 5.39 Å². The first kappa shape index (κ1) is 26.8. The van der Waals surface area contributed by atoms with Crippen molar-refractivity contribution in [3.8, 4) is 0 Å². The number of esters is 1. The number of hydrogen-bond donors (Lipinski definition) is 4. The van der Waals surface area contributed by atoms with E-state index >= 15 is 0 Å². The number of sulfonamides is 1. The first-order valence-corrected chi connectivity index (χ1v) is 13.2. The Morgan fingerprint density at radius 1 is 1.16 bits per heavy atom. The van der Waals surface area contributed by atoms with Gasteiger partial charge in [0.05, 0.1) is 23.9 Å². The molecule has 0 fully saturated rings. The predicted octanol–water partition coefficient (Wildman–Crippen LogP) is 1.69. The van der Waals surface area contributed by atoms with Crippen molar-refractivity contribution in [1.82, 2.24) is 30.4 Å². The molecule has 1 atom stereocenters. The van der Waals surface area contributed by atoms with Crippen molar-refractivity contribution in [2.45, 2.75) is 31.2 Å². The number of carbonyl (C=O) groups is 2. The first-order chi connectivity index (χ1) is 18.3. The molecule has 4 N–H and O–H groups in total. The number of aromatic nitrogens is 4. The van der Waals surface area contributed by atoms with Gasteiger partial charge in [-0.25, -0.2) is 13.4 Å². The molecule has 0 radical (unpaired) electrons. The van der Waals surface area contributed by atoms with E-state index < -0.39 is 27.9 Å². The van der Waals surface area contributed by atoms with Crippen LogP contribution in [0.2, 0.25) is 0 Å². The van der Waals surface area contributed by atoms with Crippen molar-refractivity contribution in [2.24, 2.45) is 0 Å². The summed E-state index contributed by atoms with van der Waals surface area (Å²) >= 11 is 0. The van der Waals surface area contributed by atoms with Crippen molar-refractivity contribution < 1.29 is 27.3 Å². The number of hydrogen-bond acceptors (Lipinski definition) is 10. The molecule has 14 heteroatoms. The molecule has 200 valence electrons. The summed E-state index contributed by atoms with van der Waals surface area (Å²) in [4.78, 5) is 29.8. The molecule has 4 aromatic rings. The molecule has 4 rings (SSSR count). The van der Waals surface area contributed by atoms with Crippen molar-refractivity contribution >= 4 is 38.6 Å². The molecular weight excluding hydrogens is 514 g/mol. The van der Waals surface area contributed by atoms with Gasteiger partial charge < -0.3 is 19.9 Å². The second-order valence-electron chi connectivity index (χ2n) is 8.34. The van der Waals surface area contributed by atoms with Gasteiger partial charge in [-0.1, -0.05) is 23.4 Å². The fraction of sp³-hybridized carbons (Fsp3) is 0.292. The minimum absolute atomic E-state index is 0.0175. The van der Waals surface area contributed by atoms with Crippen LogP contribution in [0.25, 0.3) is 10.9 Å². The topological polar surface area (TPSA) is 181 Å². The van der Waals surface area contributed by atoms with Crippen molar-refractivity contribution in [3.63, 3.8) is 0 Å². The number of fused-ring (bicyclic) bond motifs is 1. The Labute approximate surface area is 218 Å². The van der Waals surface area contributed by atoms with Gasteiger partial charge in [-0.05, 0) is 38.5 Å². The number of H-pyrrole nitrogens is 1. The molecule has 1 amide bonds. The maximum atomic E-state index is 13.1. The maximum absolute atomic E-state index is 13.1. The summed E-state index contributed by atoms with van der Waals surface area (Å²) in [7, 11) is -4.23.